The first-order chi connectivity index (χ1) is 12.0. The molecule has 1 saturated heterocycles. The molecule has 1 aliphatic rings. The van der Waals surface area contributed by atoms with E-state index < -0.39 is 5.60 Å². The van der Waals surface area contributed by atoms with Gasteiger partial charge in [-0.05, 0) is 63.9 Å². The summed E-state index contributed by atoms with van der Waals surface area (Å²) in [6.07, 6.45) is 5.84. The van der Waals surface area contributed by atoms with Crippen LogP contribution in [0.2, 0.25) is 0 Å². The third-order valence-electron chi connectivity index (χ3n) is 4.36. The summed E-state index contributed by atoms with van der Waals surface area (Å²) in [6.45, 7) is 7.59. The molecule has 0 spiro atoms. The lowest BCUT2D eigenvalue weighted by atomic mass is 9.94. The summed E-state index contributed by atoms with van der Waals surface area (Å²) in [7, 11) is 0. The van der Waals surface area contributed by atoms with Crippen LogP contribution in [0.15, 0.2) is 48.8 Å². The van der Waals surface area contributed by atoms with Crippen molar-refractivity contribution in [1.82, 2.24) is 9.88 Å². The number of aromatic nitrogens is 1. The fourth-order valence-corrected chi connectivity index (χ4v) is 3.35. The number of ether oxygens (including phenoxy) is 1. The van der Waals surface area contributed by atoms with Gasteiger partial charge >= 0.3 is 5.97 Å². The zero-order valence-corrected chi connectivity index (χ0v) is 15.2. The zero-order chi connectivity index (χ0) is 17.9. The standard InChI is InChI=1S/C21H26N2O2/c1-21(2,3)25-20(24)19(23-13-6-7-14-23)18-11-5-4-10-17(18)16-9-8-12-22-15-16/h4-5,8-12,15,19H,6-7,13-14H2,1-3H3. The molecular formula is C21H26N2O2. The molecular weight excluding hydrogens is 312 g/mol. The maximum atomic E-state index is 13.1. The first-order valence-electron chi connectivity index (χ1n) is 8.92. The lowest BCUT2D eigenvalue weighted by Crippen LogP contribution is -2.37. The number of carbonyl (C=O) groups excluding carboxylic acids is 1. The Kier molecular flexibility index (Phi) is 5.19. The molecule has 4 nitrogen and oxygen atoms in total. The SMILES string of the molecule is CC(C)(C)OC(=O)C(c1ccccc1-c1cccnc1)N1CCCC1. The number of hydrogen-bond acceptors (Lipinski definition) is 4. The van der Waals surface area contributed by atoms with Gasteiger partial charge in [0.05, 0.1) is 0 Å². The van der Waals surface area contributed by atoms with Crippen LogP contribution in [0.1, 0.15) is 45.2 Å². The van der Waals surface area contributed by atoms with Gasteiger partial charge in [-0.1, -0.05) is 30.3 Å². The summed E-state index contributed by atoms with van der Waals surface area (Å²) in [6, 6.07) is 11.7. The lowest BCUT2D eigenvalue weighted by Gasteiger charge is -2.31. The second-order valence-electron chi connectivity index (χ2n) is 7.51. The molecule has 4 heteroatoms. The van der Waals surface area contributed by atoms with Gasteiger partial charge in [-0.2, -0.15) is 0 Å². The Bertz CT molecular complexity index is 716. The Morgan fingerprint density at radius 3 is 2.48 bits per heavy atom. The van der Waals surface area contributed by atoms with Gasteiger partial charge in [0.25, 0.3) is 0 Å². The predicted molar refractivity (Wildman–Crippen MR) is 99.1 cm³/mol. The zero-order valence-electron chi connectivity index (χ0n) is 15.2. The van der Waals surface area contributed by atoms with Gasteiger partial charge in [0.1, 0.15) is 11.6 Å². The molecule has 1 unspecified atom stereocenters. The first-order valence-corrected chi connectivity index (χ1v) is 8.92. The van der Waals surface area contributed by atoms with Crippen LogP contribution in [0.25, 0.3) is 11.1 Å². The van der Waals surface area contributed by atoms with E-state index in [1.807, 2.05) is 57.3 Å². The van der Waals surface area contributed by atoms with E-state index in [0.717, 1.165) is 42.6 Å². The summed E-state index contributed by atoms with van der Waals surface area (Å²) in [4.78, 5) is 19.5. The molecule has 3 rings (SSSR count). The summed E-state index contributed by atoms with van der Waals surface area (Å²) in [5, 5.41) is 0. The number of hydrogen-bond donors (Lipinski definition) is 0. The van der Waals surface area contributed by atoms with E-state index in [1.165, 1.54) is 0 Å². The molecule has 0 bridgehead atoms. The highest BCUT2D eigenvalue weighted by atomic mass is 16.6. The Morgan fingerprint density at radius 2 is 1.84 bits per heavy atom. The van der Waals surface area contributed by atoms with Crippen molar-refractivity contribution >= 4 is 5.97 Å². The van der Waals surface area contributed by atoms with Crippen LogP contribution in [0.4, 0.5) is 0 Å². The first kappa shape index (κ1) is 17.6. The fourth-order valence-electron chi connectivity index (χ4n) is 3.35. The van der Waals surface area contributed by atoms with E-state index in [2.05, 4.69) is 16.0 Å². The van der Waals surface area contributed by atoms with Gasteiger partial charge in [-0.25, -0.2) is 4.79 Å². The third-order valence-corrected chi connectivity index (χ3v) is 4.36. The highest BCUT2D eigenvalue weighted by Crippen LogP contribution is 2.34. The Morgan fingerprint density at radius 1 is 1.12 bits per heavy atom. The van der Waals surface area contributed by atoms with Crippen molar-refractivity contribution in [2.24, 2.45) is 0 Å². The molecule has 2 heterocycles. The average Bonchev–Trinajstić information content (AvgIpc) is 3.09. The van der Waals surface area contributed by atoms with Crippen LogP contribution < -0.4 is 0 Å². The highest BCUT2D eigenvalue weighted by Gasteiger charge is 2.34. The quantitative estimate of drug-likeness (QED) is 0.783. The van der Waals surface area contributed by atoms with Gasteiger partial charge in [0.2, 0.25) is 0 Å². The van der Waals surface area contributed by atoms with Gasteiger partial charge in [0, 0.05) is 18.0 Å². The van der Waals surface area contributed by atoms with Crippen LogP contribution in [-0.2, 0) is 9.53 Å². The maximum Gasteiger partial charge on any atom is 0.328 e. The molecule has 2 aromatic rings. The van der Waals surface area contributed by atoms with Crippen LogP contribution in [0.5, 0.6) is 0 Å². The Labute approximate surface area is 149 Å². The topological polar surface area (TPSA) is 42.4 Å². The molecule has 0 saturated carbocycles. The number of likely N-dealkylation sites (tertiary alicyclic amines) is 1. The molecule has 25 heavy (non-hydrogen) atoms. The molecule has 1 fully saturated rings. The molecule has 1 aliphatic heterocycles. The van der Waals surface area contributed by atoms with Gasteiger partial charge < -0.3 is 4.74 Å². The van der Waals surface area contributed by atoms with Crippen molar-refractivity contribution < 1.29 is 9.53 Å². The van der Waals surface area contributed by atoms with E-state index in [9.17, 15) is 4.79 Å². The highest BCUT2D eigenvalue weighted by molar-refractivity contribution is 5.82. The Hall–Kier alpha value is -2.20. The molecule has 0 N–H and O–H groups in total. The Balaban J connectivity index is 2.03. The van der Waals surface area contributed by atoms with E-state index in [0.29, 0.717) is 0 Å². The van der Waals surface area contributed by atoms with E-state index in [-0.39, 0.29) is 12.0 Å². The van der Waals surface area contributed by atoms with Gasteiger partial charge in [-0.15, -0.1) is 0 Å². The van der Waals surface area contributed by atoms with Crippen LogP contribution in [-0.4, -0.2) is 34.5 Å². The summed E-state index contributed by atoms with van der Waals surface area (Å²) in [5.41, 5.74) is 2.55. The van der Waals surface area contributed by atoms with Crippen molar-refractivity contribution in [3.8, 4) is 11.1 Å². The number of pyridine rings is 1. The predicted octanol–water partition coefficient (Wildman–Crippen LogP) is 4.23. The van der Waals surface area contributed by atoms with Crippen molar-refractivity contribution in [2.75, 3.05) is 13.1 Å². The lowest BCUT2D eigenvalue weighted by molar-refractivity contribution is -0.161. The largest absolute Gasteiger partial charge is 0.459 e. The number of nitrogens with zero attached hydrogens (tertiary/aromatic N) is 2. The molecule has 0 amide bonds. The minimum absolute atomic E-state index is 0.175. The molecule has 0 aliphatic carbocycles. The van der Waals surface area contributed by atoms with Crippen LogP contribution >= 0.6 is 0 Å². The summed E-state index contributed by atoms with van der Waals surface area (Å²) in [5.74, 6) is -0.175. The van der Waals surface area contributed by atoms with Crippen LogP contribution in [0.3, 0.4) is 0 Å². The second kappa shape index (κ2) is 7.36. The number of esters is 1. The number of carbonyl (C=O) groups is 1. The number of benzene rings is 1. The molecule has 1 atom stereocenters. The molecule has 132 valence electrons. The third kappa shape index (κ3) is 4.26. The second-order valence-corrected chi connectivity index (χ2v) is 7.51. The smallest absolute Gasteiger partial charge is 0.328 e. The van der Waals surface area contributed by atoms with Crippen molar-refractivity contribution in [3.05, 3.63) is 54.4 Å². The molecule has 1 aromatic carbocycles. The van der Waals surface area contributed by atoms with Crippen molar-refractivity contribution in [2.45, 2.75) is 45.3 Å². The number of rotatable bonds is 4. The monoisotopic (exact) mass is 338 g/mol. The van der Waals surface area contributed by atoms with E-state index in [4.69, 9.17) is 4.74 Å². The van der Waals surface area contributed by atoms with Crippen LogP contribution in [0, 0.1) is 0 Å². The van der Waals surface area contributed by atoms with Crippen molar-refractivity contribution in [3.63, 3.8) is 0 Å². The minimum Gasteiger partial charge on any atom is -0.459 e. The minimum atomic E-state index is -0.502. The molecule has 1 aromatic heterocycles. The van der Waals surface area contributed by atoms with E-state index >= 15 is 0 Å². The van der Waals surface area contributed by atoms with Gasteiger partial charge in [0.15, 0.2) is 0 Å². The van der Waals surface area contributed by atoms with E-state index in [1.54, 1.807) is 6.20 Å². The van der Waals surface area contributed by atoms with Gasteiger partial charge in [-0.3, -0.25) is 9.88 Å². The average molecular weight is 338 g/mol. The summed E-state index contributed by atoms with van der Waals surface area (Å²) < 4.78 is 5.76. The maximum absolute atomic E-state index is 13.1. The molecule has 0 radical (unpaired) electrons. The fraction of sp³-hybridized carbons (Fsp3) is 0.429. The normalized spacial score (nSPS) is 16.6. The summed E-state index contributed by atoms with van der Waals surface area (Å²) >= 11 is 0. The van der Waals surface area contributed by atoms with Crippen molar-refractivity contribution in [1.29, 1.82) is 0 Å².